The Kier molecular flexibility index (Phi) is 5.33. The van der Waals surface area contributed by atoms with Gasteiger partial charge in [0.05, 0.1) is 11.9 Å². The molecule has 1 aliphatic rings. The zero-order valence-electron chi connectivity index (χ0n) is 16.4. The van der Waals surface area contributed by atoms with E-state index in [2.05, 4.69) is 27.2 Å². The Morgan fingerprint density at radius 1 is 1.20 bits per heavy atom. The molecule has 1 aromatic carbocycles. The second-order valence-corrected chi connectivity index (χ2v) is 7.91. The first-order valence-electron chi connectivity index (χ1n) is 9.86. The van der Waals surface area contributed by atoms with E-state index >= 15 is 0 Å². The maximum atomic E-state index is 12.8. The van der Waals surface area contributed by atoms with Crippen LogP contribution in [0.3, 0.4) is 0 Å². The van der Waals surface area contributed by atoms with E-state index in [-0.39, 0.29) is 5.82 Å². The SMILES string of the molecule is CC1CC(CCNc2nc(C#N)nc3ncn(Cc4ccc(C(F)(F)F)cc4)c23)C1. The first kappa shape index (κ1) is 20.1. The molecule has 9 heteroatoms. The summed E-state index contributed by atoms with van der Waals surface area (Å²) in [6.45, 7) is 3.29. The van der Waals surface area contributed by atoms with Crippen LogP contribution in [0, 0.1) is 23.2 Å². The molecule has 0 atom stereocenters. The van der Waals surface area contributed by atoms with Crippen LogP contribution >= 0.6 is 0 Å². The molecule has 3 aromatic rings. The molecule has 0 bridgehead atoms. The van der Waals surface area contributed by atoms with Crippen LogP contribution in [0.2, 0.25) is 0 Å². The fraction of sp³-hybridized carbons (Fsp3) is 0.429. The Morgan fingerprint density at radius 2 is 1.93 bits per heavy atom. The van der Waals surface area contributed by atoms with Crippen molar-refractivity contribution >= 4 is 17.0 Å². The highest BCUT2D eigenvalue weighted by atomic mass is 19.4. The maximum absolute atomic E-state index is 12.8. The summed E-state index contributed by atoms with van der Waals surface area (Å²) >= 11 is 0. The summed E-state index contributed by atoms with van der Waals surface area (Å²) in [5.41, 5.74) is 1.03. The van der Waals surface area contributed by atoms with Crippen molar-refractivity contribution < 1.29 is 13.2 Å². The number of halogens is 3. The second kappa shape index (κ2) is 7.94. The number of rotatable bonds is 6. The molecule has 0 spiro atoms. The van der Waals surface area contributed by atoms with Crippen LogP contribution in [0.1, 0.15) is 43.1 Å². The van der Waals surface area contributed by atoms with Gasteiger partial charge in [-0.2, -0.15) is 28.4 Å². The van der Waals surface area contributed by atoms with Crippen molar-refractivity contribution in [3.05, 3.63) is 47.5 Å². The molecule has 1 aliphatic carbocycles. The summed E-state index contributed by atoms with van der Waals surface area (Å²) < 4.78 is 40.2. The van der Waals surface area contributed by atoms with E-state index < -0.39 is 11.7 Å². The molecule has 30 heavy (non-hydrogen) atoms. The van der Waals surface area contributed by atoms with Crippen molar-refractivity contribution in [3.63, 3.8) is 0 Å². The monoisotopic (exact) mass is 414 g/mol. The summed E-state index contributed by atoms with van der Waals surface area (Å²) in [5, 5.41) is 12.5. The highest BCUT2D eigenvalue weighted by Crippen LogP contribution is 2.35. The highest BCUT2D eigenvalue weighted by Gasteiger charge is 2.30. The Morgan fingerprint density at radius 3 is 2.57 bits per heavy atom. The van der Waals surface area contributed by atoms with Crippen LogP contribution in [-0.4, -0.2) is 26.1 Å². The maximum Gasteiger partial charge on any atom is 0.416 e. The molecule has 6 nitrogen and oxygen atoms in total. The summed E-state index contributed by atoms with van der Waals surface area (Å²) in [6.07, 6.45) is 0.686. The normalized spacial score (nSPS) is 18.8. The van der Waals surface area contributed by atoms with Crippen LogP contribution in [0.25, 0.3) is 11.2 Å². The largest absolute Gasteiger partial charge is 0.416 e. The lowest BCUT2D eigenvalue weighted by atomic mass is 9.74. The number of alkyl halides is 3. The quantitative estimate of drug-likeness (QED) is 0.637. The molecule has 1 fully saturated rings. The Balaban J connectivity index is 1.56. The van der Waals surface area contributed by atoms with E-state index in [1.165, 1.54) is 25.0 Å². The van der Waals surface area contributed by atoms with Gasteiger partial charge in [0.2, 0.25) is 5.82 Å². The smallest absolute Gasteiger partial charge is 0.368 e. The summed E-state index contributed by atoms with van der Waals surface area (Å²) in [7, 11) is 0. The predicted octanol–water partition coefficient (Wildman–Crippen LogP) is 4.61. The van der Waals surface area contributed by atoms with Gasteiger partial charge in [-0.3, -0.25) is 0 Å². The molecule has 1 saturated carbocycles. The standard InChI is InChI=1S/C21H21F3N6/c1-13-8-15(9-13)6-7-26-19-18-20(29-17(10-25)28-19)27-12-30(18)11-14-2-4-16(5-3-14)21(22,23)24/h2-5,12-13,15H,6-9,11H2,1H3,(H,26,28,29). The van der Waals surface area contributed by atoms with Gasteiger partial charge in [0.25, 0.3) is 0 Å². The van der Waals surface area contributed by atoms with Crippen molar-refractivity contribution in [2.45, 2.75) is 38.9 Å². The van der Waals surface area contributed by atoms with Crippen LogP contribution in [-0.2, 0) is 12.7 Å². The van der Waals surface area contributed by atoms with Gasteiger partial charge in [0.15, 0.2) is 11.5 Å². The molecular formula is C21H21F3N6. The van der Waals surface area contributed by atoms with E-state index in [4.69, 9.17) is 0 Å². The molecule has 0 amide bonds. The minimum absolute atomic E-state index is 0.0297. The lowest BCUT2D eigenvalue weighted by Crippen LogP contribution is -2.23. The van der Waals surface area contributed by atoms with Gasteiger partial charge in [0.1, 0.15) is 11.6 Å². The van der Waals surface area contributed by atoms with E-state index in [0.717, 1.165) is 31.0 Å². The topological polar surface area (TPSA) is 79.4 Å². The van der Waals surface area contributed by atoms with Crippen LogP contribution < -0.4 is 5.32 Å². The first-order chi connectivity index (χ1) is 14.3. The number of hydrogen-bond donors (Lipinski definition) is 1. The molecule has 2 aromatic heterocycles. The Bertz CT molecular complexity index is 1080. The van der Waals surface area contributed by atoms with E-state index in [9.17, 15) is 18.4 Å². The van der Waals surface area contributed by atoms with Gasteiger partial charge < -0.3 is 9.88 Å². The van der Waals surface area contributed by atoms with Gasteiger partial charge in [-0.15, -0.1) is 0 Å². The molecule has 0 aliphatic heterocycles. The van der Waals surface area contributed by atoms with Gasteiger partial charge in [-0.1, -0.05) is 19.1 Å². The number of nitriles is 1. The lowest BCUT2D eigenvalue weighted by Gasteiger charge is -2.32. The molecule has 0 unspecified atom stereocenters. The Labute approximate surface area is 171 Å². The van der Waals surface area contributed by atoms with Gasteiger partial charge in [0, 0.05) is 13.1 Å². The predicted molar refractivity (Wildman–Crippen MR) is 106 cm³/mol. The average molecular weight is 414 g/mol. The number of nitrogens with zero attached hydrogens (tertiary/aromatic N) is 5. The third-order valence-corrected chi connectivity index (χ3v) is 5.52. The van der Waals surface area contributed by atoms with E-state index in [1.54, 1.807) is 10.9 Å². The average Bonchev–Trinajstić information content (AvgIpc) is 3.09. The van der Waals surface area contributed by atoms with Crippen molar-refractivity contribution in [2.75, 3.05) is 11.9 Å². The van der Waals surface area contributed by atoms with Crippen molar-refractivity contribution in [2.24, 2.45) is 11.8 Å². The molecule has 1 N–H and O–H groups in total. The molecular weight excluding hydrogens is 393 g/mol. The minimum atomic E-state index is -4.36. The number of nitrogens with one attached hydrogen (secondary N) is 1. The molecule has 4 rings (SSSR count). The van der Waals surface area contributed by atoms with Crippen LogP contribution in [0.15, 0.2) is 30.6 Å². The number of aromatic nitrogens is 4. The van der Waals surface area contributed by atoms with Crippen molar-refractivity contribution in [3.8, 4) is 6.07 Å². The van der Waals surface area contributed by atoms with Crippen molar-refractivity contribution in [1.82, 2.24) is 19.5 Å². The minimum Gasteiger partial charge on any atom is -0.368 e. The number of anilines is 1. The van der Waals surface area contributed by atoms with Crippen LogP contribution in [0.4, 0.5) is 19.0 Å². The zero-order valence-corrected chi connectivity index (χ0v) is 16.4. The fourth-order valence-corrected chi connectivity index (χ4v) is 3.97. The number of hydrogen-bond acceptors (Lipinski definition) is 5. The van der Waals surface area contributed by atoms with Gasteiger partial charge >= 0.3 is 6.18 Å². The summed E-state index contributed by atoms with van der Waals surface area (Å²) in [4.78, 5) is 12.7. The first-order valence-corrected chi connectivity index (χ1v) is 9.86. The van der Waals surface area contributed by atoms with Crippen molar-refractivity contribution in [1.29, 1.82) is 5.26 Å². The van der Waals surface area contributed by atoms with Crippen LogP contribution in [0.5, 0.6) is 0 Å². The number of fused-ring (bicyclic) bond motifs is 1. The molecule has 0 saturated heterocycles. The van der Waals surface area contributed by atoms with E-state index in [0.29, 0.717) is 35.0 Å². The summed E-state index contributed by atoms with van der Waals surface area (Å²) in [6, 6.07) is 6.98. The lowest BCUT2D eigenvalue weighted by molar-refractivity contribution is -0.137. The fourth-order valence-electron chi connectivity index (χ4n) is 3.97. The zero-order chi connectivity index (χ0) is 21.3. The van der Waals surface area contributed by atoms with Gasteiger partial charge in [-0.05, 0) is 48.8 Å². The molecule has 2 heterocycles. The third-order valence-electron chi connectivity index (χ3n) is 5.52. The van der Waals surface area contributed by atoms with Gasteiger partial charge in [-0.25, -0.2) is 4.98 Å². The summed E-state index contributed by atoms with van der Waals surface area (Å²) in [5.74, 6) is 2.05. The van der Waals surface area contributed by atoms with E-state index in [1.807, 2.05) is 6.07 Å². The molecule has 156 valence electrons. The number of imidazole rings is 1. The number of benzene rings is 1. The second-order valence-electron chi connectivity index (χ2n) is 7.91. The highest BCUT2D eigenvalue weighted by molar-refractivity contribution is 5.83. The third kappa shape index (κ3) is 4.22. The Hall–Kier alpha value is -3.15. The molecule has 0 radical (unpaired) electrons.